The third-order valence-corrected chi connectivity index (χ3v) is 4.31. The molecule has 1 N–H and O–H groups in total. The lowest BCUT2D eigenvalue weighted by Gasteiger charge is -2.19. The zero-order valence-electron chi connectivity index (χ0n) is 12.4. The highest BCUT2D eigenvalue weighted by Gasteiger charge is 2.23. The Morgan fingerprint density at radius 1 is 1.29 bits per heavy atom. The van der Waals surface area contributed by atoms with Crippen LogP contribution in [0.3, 0.4) is 0 Å². The molecule has 2 nitrogen and oxygen atoms in total. The minimum absolute atomic E-state index is 0.185. The van der Waals surface area contributed by atoms with Crippen LogP contribution in [0, 0.1) is 6.92 Å². The monoisotopic (exact) mass is 301 g/mol. The summed E-state index contributed by atoms with van der Waals surface area (Å²) < 4.78 is 5.96. The van der Waals surface area contributed by atoms with Crippen LogP contribution in [0.25, 0.3) is 0 Å². The summed E-state index contributed by atoms with van der Waals surface area (Å²) in [6, 6.07) is 14.7. The van der Waals surface area contributed by atoms with Gasteiger partial charge >= 0.3 is 0 Å². The molecule has 2 atom stereocenters. The molecule has 1 aliphatic heterocycles. The van der Waals surface area contributed by atoms with Crippen LogP contribution in [0.4, 0.5) is 0 Å². The van der Waals surface area contributed by atoms with Gasteiger partial charge in [-0.1, -0.05) is 35.9 Å². The van der Waals surface area contributed by atoms with Crippen LogP contribution in [0.5, 0.6) is 5.75 Å². The first-order valence-electron chi connectivity index (χ1n) is 7.37. The number of hydrogen-bond donors (Lipinski definition) is 1. The molecule has 0 saturated carbocycles. The number of ether oxygens (including phenoxy) is 1. The lowest BCUT2D eigenvalue weighted by Crippen LogP contribution is -2.32. The maximum absolute atomic E-state index is 6.02. The summed E-state index contributed by atoms with van der Waals surface area (Å²) in [6.45, 7) is 5.18. The van der Waals surface area contributed by atoms with E-state index < -0.39 is 0 Å². The van der Waals surface area contributed by atoms with Crippen molar-refractivity contribution in [2.45, 2.75) is 32.4 Å². The van der Waals surface area contributed by atoms with E-state index in [1.54, 1.807) is 0 Å². The van der Waals surface area contributed by atoms with E-state index in [0.717, 1.165) is 23.7 Å². The third kappa shape index (κ3) is 3.22. The van der Waals surface area contributed by atoms with Gasteiger partial charge in [0.25, 0.3) is 0 Å². The number of hydrogen-bond acceptors (Lipinski definition) is 2. The Morgan fingerprint density at radius 3 is 2.90 bits per heavy atom. The van der Waals surface area contributed by atoms with Crippen LogP contribution in [0.1, 0.15) is 29.7 Å². The zero-order valence-corrected chi connectivity index (χ0v) is 13.2. The van der Waals surface area contributed by atoms with Crippen LogP contribution in [0.2, 0.25) is 5.02 Å². The van der Waals surface area contributed by atoms with Crippen molar-refractivity contribution in [1.29, 1.82) is 0 Å². The van der Waals surface area contributed by atoms with Crippen LogP contribution in [0.15, 0.2) is 42.5 Å². The van der Waals surface area contributed by atoms with Crippen molar-refractivity contribution in [1.82, 2.24) is 5.32 Å². The van der Waals surface area contributed by atoms with Gasteiger partial charge in [-0.25, -0.2) is 0 Å². The highest BCUT2D eigenvalue weighted by Crippen LogP contribution is 2.31. The lowest BCUT2D eigenvalue weighted by atomic mass is 10.0. The molecule has 0 aliphatic carbocycles. The van der Waals surface area contributed by atoms with E-state index in [1.165, 1.54) is 16.7 Å². The summed E-state index contributed by atoms with van der Waals surface area (Å²) in [5, 5.41) is 4.35. The fraction of sp³-hybridized carbons (Fsp3) is 0.333. The Balaban J connectivity index is 1.59. The van der Waals surface area contributed by atoms with Gasteiger partial charge in [-0.3, -0.25) is 0 Å². The van der Waals surface area contributed by atoms with Crippen molar-refractivity contribution >= 4 is 11.6 Å². The molecular weight excluding hydrogens is 282 g/mol. The Labute approximate surface area is 131 Å². The molecule has 1 aliphatic rings. The summed E-state index contributed by atoms with van der Waals surface area (Å²) in [5.41, 5.74) is 3.87. The van der Waals surface area contributed by atoms with Crippen molar-refractivity contribution < 1.29 is 4.74 Å². The van der Waals surface area contributed by atoms with Crippen LogP contribution in [-0.4, -0.2) is 12.6 Å². The van der Waals surface area contributed by atoms with Crippen molar-refractivity contribution in [3.05, 3.63) is 64.2 Å². The molecule has 0 aromatic heterocycles. The standard InChI is InChI=1S/C18H20ClNO/c1-12-5-3-4-6-17(12)13(2)20-11-16-10-14-9-15(19)7-8-18(14)21-16/h3-9,13,16,20H,10-11H2,1-2H3/t13-,16?/m1/s1. The van der Waals surface area contributed by atoms with E-state index >= 15 is 0 Å². The smallest absolute Gasteiger partial charge is 0.123 e. The molecule has 0 amide bonds. The summed E-state index contributed by atoms with van der Waals surface area (Å²) in [4.78, 5) is 0. The van der Waals surface area contributed by atoms with Crippen molar-refractivity contribution in [2.24, 2.45) is 0 Å². The van der Waals surface area contributed by atoms with Crippen LogP contribution < -0.4 is 10.1 Å². The zero-order chi connectivity index (χ0) is 14.8. The summed E-state index contributed by atoms with van der Waals surface area (Å²) >= 11 is 6.02. The maximum atomic E-state index is 6.02. The minimum atomic E-state index is 0.185. The second kappa shape index (κ2) is 6.08. The molecule has 110 valence electrons. The van der Waals surface area contributed by atoms with Gasteiger partial charge < -0.3 is 10.1 Å². The number of nitrogens with one attached hydrogen (secondary N) is 1. The van der Waals surface area contributed by atoms with Gasteiger partial charge in [-0.15, -0.1) is 0 Å². The Morgan fingerprint density at radius 2 is 2.10 bits per heavy atom. The largest absolute Gasteiger partial charge is 0.488 e. The van der Waals surface area contributed by atoms with Crippen molar-refractivity contribution in [3.8, 4) is 5.75 Å². The molecule has 2 aromatic rings. The van der Waals surface area contributed by atoms with E-state index in [-0.39, 0.29) is 6.10 Å². The van der Waals surface area contributed by atoms with Gasteiger partial charge in [0.05, 0.1) is 0 Å². The number of halogens is 1. The Hall–Kier alpha value is -1.51. The average Bonchev–Trinajstić information content (AvgIpc) is 2.87. The molecule has 3 heteroatoms. The third-order valence-electron chi connectivity index (χ3n) is 4.07. The predicted octanol–water partition coefficient (Wildman–Crippen LogP) is 4.30. The molecule has 1 unspecified atom stereocenters. The van der Waals surface area contributed by atoms with Gasteiger partial charge in [0.1, 0.15) is 11.9 Å². The Kier molecular flexibility index (Phi) is 4.18. The number of benzene rings is 2. The van der Waals surface area contributed by atoms with Gasteiger partial charge in [-0.05, 0) is 48.7 Å². The van der Waals surface area contributed by atoms with Crippen molar-refractivity contribution in [2.75, 3.05) is 6.54 Å². The van der Waals surface area contributed by atoms with E-state index in [9.17, 15) is 0 Å². The predicted molar refractivity (Wildman–Crippen MR) is 87.2 cm³/mol. The highest BCUT2D eigenvalue weighted by atomic mass is 35.5. The Bertz CT molecular complexity index is 641. The SMILES string of the molecule is Cc1ccccc1[C@@H](C)NCC1Cc2cc(Cl)ccc2O1. The molecule has 0 bridgehead atoms. The molecule has 0 fully saturated rings. The highest BCUT2D eigenvalue weighted by molar-refractivity contribution is 6.30. The normalized spacial score (nSPS) is 18.1. The fourth-order valence-electron chi connectivity index (χ4n) is 2.89. The van der Waals surface area contributed by atoms with E-state index in [4.69, 9.17) is 16.3 Å². The molecule has 0 radical (unpaired) electrons. The maximum Gasteiger partial charge on any atom is 0.123 e. The summed E-state index contributed by atoms with van der Waals surface area (Å²) in [7, 11) is 0. The minimum Gasteiger partial charge on any atom is -0.488 e. The van der Waals surface area contributed by atoms with E-state index in [1.807, 2.05) is 18.2 Å². The number of fused-ring (bicyclic) bond motifs is 1. The van der Waals surface area contributed by atoms with Crippen LogP contribution >= 0.6 is 11.6 Å². The summed E-state index contributed by atoms with van der Waals surface area (Å²) in [5.74, 6) is 0.967. The second-order valence-electron chi connectivity index (χ2n) is 5.68. The molecule has 0 spiro atoms. The molecular formula is C18H20ClNO. The van der Waals surface area contributed by atoms with Gasteiger partial charge in [0.15, 0.2) is 0 Å². The molecule has 3 rings (SSSR count). The van der Waals surface area contributed by atoms with Gasteiger partial charge in [-0.2, -0.15) is 0 Å². The summed E-state index contributed by atoms with van der Waals surface area (Å²) in [6.07, 6.45) is 1.11. The van der Waals surface area contributed by atoms with Crippen molar-refractivity contribution in [3.63, 3.8) is 0 Å². The fourth-order valence-corrected chi connectivity index (χ4v) is 3.09. The van der Waals surface area contributed by atoms with Crippen LogP contribution in [-0.2, 0) is 6.42 Å². The molecule has 1 heterocycles. The quantitative estimate of drug-likeness (QED) is 0.909. The first kappa shape index (κ1) is 14.4. The number of aryl methyl sites for hydroxylation is 1. The van der Waals surface area contributed by atoms with E-state index in [2.05, 4.69) is 43.4 Å². The van der Waals surface area contributed by atoms with Gasteiger partial charge in [0, 0.05) is 24.0 Å². The molecule has 2 aromatic carbocycles. The molecule has 21 heavy (non-hydrogen) atoms. The average molecular weight is 302 g/mol. The first-order valence-corrected chi connectivity index (χ1v) is 7.75. The second-order valence-corrected chi connectivity index (χ2v) is 6.12. The van der Waals surface area contributed by atoms with E-state index in [0.29, 0.717) is 6.04 Å². The first-order chi connectivity index (χ1) is 10.1. The van der Waals surface area contributed by atoms with Gasteiger partial charge in [0.2, 0.25) is 0 Å². The topological polar surface area (TPSA) is 21.3 Å². The molecule has 0 saturated heterocycles. The number of rotatable bonds is 4. The lowest BCUT2D eigenvalue weighted by molar-refractivity contribution is 0.222.